The van der Waals surface area contributed by atoms with Crippen LogP contribution in [0.1, 0.15) is 31.2 Å². The topological polar surface area (TPSA) is 69.2 Å². The van der Waals surface area contributed by atoms with Gasteiger partial charge in [-0.05, 0) is 30.5 Å². The average molecular weight is 329 g/mol. The van der Waals surface area contributed by atoms with E-state index in [0.29, 0.717) is 29.4 Å². The molecule has 1 aromatic carbocycles. The van der Waals surface area contributed by atoms with Crippen LogP contribution in [0.4, 0.5) is 0 Å². The van der Waals surface area contributed by atoms with Crippen LogP contribution in [0.15, 0.2) is 18.2 Å². The van der Waals surface area contributed by atoms with Crippen LogP contribution in [0, 0.1) is 11.8 Å². The number of carboxylic acids is 1. The number of carboxylic acid groups (broad SMARTS) is 1. The fraction of sp³-hybridized carbons (Fsp3) is 0.467. The van der Waals surface area contributed by atoms with Crippen LogP contribution in [0.2, 0.25) is 10.0 Å². The number of rotatable bonds is 4. The molecule has 0 spiro atoms. The minimum Gasteiger partial charge on any atom is -0.550 e. The zero-order valence-corrected chi connectivity index (χ0v) is 12.9. The highest BCUT2D eigenvalue weighted by molar-refractivity contribution is 6.42. The first kappa shape index (κ1) is 16.1. The van der Waals surface area contributed by atoms with Crippen molar-refractivity contribution in [3.05, 3.63) is 33.8 Å². The zero-order chi connectivity index (χ0) is 15.4. The maximum atomic E-state index is 12.2. The average Bonchev–Trinajstić information content (AvgIpc) is 2.48. The number of aliphatic carboxylic acids is 1. The second kappa shape index (κ2) is 7.14. The summed E-state index contributed by atoms with van der Waals surface area (Å²) < 4.78 is 0. The van der Waals surface area contributed by atoms with Crippen LogP contribution in [0.3, 0.4) is 0 Å². The van der Waals surface area contributed by atoms with Crippen molar-refractivity contribution in [1.82, 2.24) is 5.32 Å². The van der Waals surface area contributed by atoms with Gasteiger partial charge in [0.1, 0.15) is 0 Å². The molecule has 0 radical (unpaired) electrons. The van der Waals surface area contributed by atoms with Crippen LogP contribution < -0.4 is 10.4 Å². The molecule has 1 N–H and O–H groups in total. The van der Waals surface area contributed by atoms with E-state index in [2.05, 4.69) is 5.32 Å². The minimum atomic E-state index is -1.13. The van der Waals surface area contributed by atoms with Crippen molar-refractivity contribution in [2.75, 3.05) is 0 Å². The SMILES string of the molecule is O=C([O-])[C@H]1CCCC[C@@H]1C(=O)NCc1ccc(Cl)c(Cl)c1. The van der Waals surface area contributed by atoms with E-state index in [1.165, 1.54) is 0 Å². The van der Waals surface area contributed by atoms with E-state index in [-0.39, 0.29) is 5.91 Å². The Balaban J connectivity index is 1.96. The molecule has 1 aliphatic rings. The summed E-state index contributed by atoms with van der Waals surface area (Å²) in [5.74, 6) is -2.57. The number of carbonyl (C=O) groups is 2. The summed E-state index contributed by atoms with van der Waals surface area (Å²) in [6.45, 7) is 0.298. The van der Waals surface area contributed by atoms with Crippen LogP contribution in [0.5, 0.6) is 0 Å². The van der Waals surface area contributed by atoms with Crippen molar-refractivity contribution in [1.29, 1.82) is 0 Å². The molecule has 0 aliphatic heterocycles. The summed E-state index contributed by atoms with van der Waals surface area (Å²) >= 11 is 11.7. The molecule has 0 aromatic heterocycles. The molecule has 0 saturated heterocycles. The van der Waals surface area contributed by atoms with Gasteiger partial charge in [-0.15, -0.1) is 0 Å². The number of carbonyl (C=O) groups excluding carboxylic acids is 2. The number of hydrogen-bond acceptors (Lipinski definition) is 3. The highest BCUT2D eigenvalue weighted by atomic mass is 35.5. The van der Waals surface area contributed by atoms with Crippen molar-refractivity contribution in [2.45, 2.75) is 32.2 Å². The van der Waals surface area contributed by atoms with Gasteiger partial charge in [0.15, 0.2) is 0 Å². The highest BCUT2D eigenvalue weighted by Crippen LogP contribution is 2.30. The molecule has 1 aliphatic carbocycles. The van der Waals surface area contributed by atoms with E-state index in [1.54, 1.807) is 18.2 Å². The van der Waals surface area contributed by atoms with E-state index in [9.17, 15) is 14.7 Å². The maximum absolute atomic E-state index is 12.2. The quantitative estimate of drug-likeness (QED) is 0.920. The van der Waals surface area contributed by atoms with E-state index in [0.717, 1.165) is 18.4 Å². The van der Waals surface area contributed by atoms with Gasteiger partial charge in [0.05, 0.1) is 10.0 Å². The van der Waals surface area contributed by atoms with E-state index in [4.69, 9.17) is 23.2 Å². The third-order valence-electron chi connectivity index (χ3n) is 3.86. The lowest BCUT2D eigenvalue weighted by Crippen LogP contribution is -2.44. The van der Waals surface area contributed by atoms with Gasteiger partial charge < -0.3 is 15.2 Å². The molecule has 21 heavy (non-hydrogen) atoms. The maximum Gasteiger partial charge on any atom is 0.224 e. The number of benzene rings is 1. The van der Waals surface area contributed by atoms with Gasteiger partial charge in [-0.2, -0.15) is 0 Å². The fourth-order valence-electron chi connectivity index (χ4n) is 2.70. The molecule has 114 valence electrons. The van der Waals surface area contributed by atoms with Crippen LogP contribution in [-0.2, 0) is 16.1 Å². The molecule has 6 heteroatoms. The van der Waals surface area contributed by atoms with Crippen LogP contribution in [0.25, 0.3) is 0 Å². The Hall–Kier alpha value is -1.26. The molecule has 1 aromatic rings. The number of hydrogen-bond donors (Lipinski definition) is 1. The van der Waals surface area contributed by atoms with Crippen molar-refractivity contribution < 1.29 is 14.7 Å². The molecule has 1 saturated carbocycles. The monoisotopic (exact) mass is 328 g/mol. The predicted molar refractivity (Wildman–Crippen MR) is 78.8 cm³/mol. The summed E-state index contributed by atoms with van der Waals surface area (Å²) in [7, 11) is 0. The normalized spacial score (nSPS) is 21.8. The molecule has 2 atom stereocenters. The van der Waals surface area contributed by atoms with E-state index >= 15 is 0 Å². The Kier molecular flexibility index (Phi) is 5.48. The fourth-order valence-corrected chi connectivity index (χ4v) is 3.02. The number of halogens is 2. The molecule has 0 heterocycles. The Labute approximate surface area is 133 Å². The number of amides is 1. The largest absolute Gasteiger partial charge is 0.550 e. The molecule has 0 unspecified atom stereocenters. The smallest absolute Gasteiger partial charge is 0.224 e. The first-order valence-electron chi connectivity index (χ1n) is 6.91. The first-order valence-corrected chi connectivity index (χ1v) is 7.67. The molecule has 1 amide bonds. The van der Waals surface area contributed by atoms with Crippen molar-refractivity contribution in [3.63, 3.8) is 0 Å². The minimum absolute atomic E-state index is 0.241. The van der Waals surface area contributed by atoms with Crippen molar-refractivity contribution in [3.8, 4) is 0 Å². The van der Waals surface area contributed by atoms with Gasteiger partial charge in [0.25, 0.3) is 0 Å². The Bertz CT molecular complexity index is 548. The van der Waals surface area contributed by atoms with Crippen LogP contribution in [-0.4, -0.2) is 11.9 Å². The van der Waals surface area contributed by atoms with Gasteiger partial charge in [0, 0.05) is 24.3 Å². The van der Waals surface area contributed by atoms with Crippen LogP contribution >= 0.6 is 23.2 Å². The van der Waals surface area contributed by atoms with Gasteiger partial charge in [0.2, 0.25) is 5.91 Å². The summed E-state index contributed by atoms with van der Waals surface area (Å²) in [5.41, 5.74) is 0.818. The van der Waals surface area contributed by atoms with Gasteiger partial charge >= 0.3 is 0 Å². The molecule has 2 rings (SSSR count). The lowest BCUT2D eigenvalue weighted by molar-refractivity contribution is -0.314. The molecule has 0 bridgehead atoms. The second-order valence-corrected chi connectivity index (χ2v) is 6.10. The molecule has 4 nitrogen and oxygen atoms in total. The van der Waals surface area contributed by atoms with E-state index in [1.807, 2.05) is 0 Å². The van der Waals surface area contributed by atoms with Gasteiger partial charge in [-0.1, -0.05) is 42.1 Å². The first-order chi connectivity index (χ1) is 9.99. The second-order valence-electron chi connectivity index (χ2n) is 5.28. The van der Waals surface area contributed by atoms with E-state index < -0.39 is 17.8 Å². The Morgan fingerprint density at radius 2 is 1.81 bits per heavy atom. The third-order valence-corrected chi connectivity index (χ3v) is 4.60. The van der Waals surface area contributed by atoms with Crippen molar-refractivity contribution in [2.24, 2.45) is 11.8 Å². The van der Waals surface area contributed by atoms with Gasteiger partial charge in [-0.25, -0.2) is 0 Å². The lowest BCUT2D eigenvalue weighted by atomic mass is 9.78. The number of nitrogens with one attached hydrogen (secondary N) is 1. The lowest BCUT2D eigenvalue weighted by Gasteiger charge is -2.31. The Morgan fingerprint density at radius 1 is 1.14 bits per heavy atom. The Morgan fingerprint density at radius 3 is 2.43 bits per heavy atom. The molecular formula is C15H16Cl2NO3-. The molecular weight excluding hydrogens is 313 g/mol. The summed E-state index contributed by atoms with van der Waals surface area (Å²) in [5, 5.41) is 14.8. The van der Waals surface area contributed by atoms with Crippen molar-refractivity contribution >= 4 is 35.1 Å². The highest BCUT2D eigenvalue weighted by Gasteiger charge is 2.31. The summed E-state index contributed by atoms with van der Waals surface area (Å²) in [6.07, 6.45) is 2.79. The standard InChI is InChI=1S/C15H17Cl2NO3/c16-12-6-5-9(7-13(12)17)8-18-14(19)10-3-1-2-4-11(10)15(20)21/h5-7,10-11H,1-4,8H2,(H,18,19)(H,20,21)/p-1/t10-,11-/m0/s1. The predicted octanol–water partition coefficient (Wildman–Crippen LogP) is 2.17. The van der Waals surface area contributed by atoms with Gasteiger partial charge in [-0.3, -0.25) is 4.79 Å². The summed E-state index contributed by atoms with van der Waals surface area (Å²) in [4.78, 5) is 23.3. The molecule has 1 fully saturated rings. The summed E-state index contributed by atoms with van der Waals surface area (Å²) in [6, 6.07) is 5.11. The third kappa shape index (κ3) is 4.11. The zero-order valence-electron chi connectivity index (χ0n) is 11.4.